The van der Waals surface area contributed by atoms with Crippen molar-refractivity contribution in [3.8, 4) is 6.07 Å². The molecule has 12 heavy (non-hydrogen) atoms. The zero-order chi connectivity index (χ0) is 9.14. The molecule has 1 rings (SSSR count). The summed E-state index contributed by atoms with van der Waals surface area (Å²) in [7, 11) is 0. The van der Waals surface area contributed by atoms with Crippen molar-refractivity contribution in [3.63, 3.8) is 0 Å². The smallest absolute Gasteiger partial charge is 0.0994 e. The van der Waals surface area contributed by atoms with Gasteiger partial charge in [-0.3, -0.25) is 0 Å². The van der Waals surface area contributed by atoms with E-state index in [9.17, 15) is 0 Å². The highest BCUT2D eigenvalue weighted by atomic mass is 127. The third-order valence-corrected chi connectivity index (χ3v) is 2.74. The first-order valence-corrected chi connectivity index (χ1v) is 4.66. The molecule has 0 aromatic heterocycles. The second-order valence-corrected chi connectivity index (χ2v) is 3.74. The van der Waals surface area contributed by atoms with E-state index in [1.807, 2.05) is 19.1 Å². The Labute approximate surface area is 85.5 Å². The summed E-state index contributed by atoms with van der Waals surface area (Å²) in [5, 5.41) is 8.72. The highest BCUT2D eigenvalue weighted by Crippen LogP contribution is 2.17. The maximum atomic E-state index is 8.72. The van der Waals surface area contributed by atoms with Gasteiger partial charge in [0.1, 0.15) is 0 Å². The van der Waals surface area contributed by atoms with Crippen molar-refractivity contribution in [2.24, 2.45) is 5.73 Å². The zero-order valence-electron chi connectivity index (χ0n) is 6.76. The van der Waals surface area contributed by atoms with Crippen LogP contribution >= 0.6 is 22.6 Å². The van der Waals surface area contributed by atoms with E-state index in [1.54, 1.807) is 0 Å². The minimum Gasteiger partial charge on any atom is -0.326 e. The van der Waals surface area contributed by atoms with Gasteiger partial charge in [0, 0.05) is 10.1 Å². The number of nitriles is 1. The molecule has 2 nitrogen and oxygen atoms in total. The Kier molecular flexibility index (Phi) is 3.06. The second-order valence-electron chi connectivity index (χ2n) is 2.57. The lowest BCUT2D eigenvalue weighted by molar-refractivity contribution is 1.05. The van der Waals surface area contributed by atoms with Crippen LogP contribution in [0.2, 0.25) is 0 Å². The van der Waals surface area contributed by atoms with Crippen molar-refractivity contribution >= 4 is 22.6 Å². The van der Waals surface area contributed by atoms with E-state index in [2.05, 4.69) is 28.7 Å². The van der Waals surface area contributed by atoms with Crippen LogP contribution in [0.25, 0.3) is 0 Å². The Morgan fingerprint density at radius 3 is 2.75 bits per heavy atom. The summed E-state index contributed by atoms with van der Waals surface area (Å²) in [6.07, 6.45) is 0. The SMILES string of the molecule is Cc1cc(CN)c(I)cc1C#N. The second kappa shape index (κ2) is 3.87. The van der Waals surface area contributed by atoms with E-state index in [1.165, 1.54) is 0 Å². The van der Waals surface area contributed by atoms with Gasteiger partial charge < -0.3 is 5.73 Å². The number of rotatable bonds is 1. The summed E-state index contributed by atoms with van der Waals surface area (Å²) in [6.45, 7) is 2.46. The summed E-state index contributed by atoms with van der Waals surface area (Å²) >= 11 is 2.19. The quantitative estimate of drug-likeness (QED) is 0.794. The fourth-order valence-electron chi connectivity index (χ4n) is 1.02. The van der Waals surface area contributed by atoms with Gasteiger partial charge in [0.15, 0.2) is 0 Å². The van der Waals surface area contributed by atoms with E-state index >= 15 is 0 Å². The maximum absolute atomic E-state index is 8.72. The van der Waals surface area contributed by atoms with Crippen LogP contribution in [0, 0.1) is 21.8 Å². The first kappa shape index (κ1) is 9.49. The first-order valence-electron chi connectivity index (χ1n) is 3.58. The Morgan fingerprint density at radius 1 is 1.58 bits per heavy atom. The van der Waals surface area contributed by atoms with Crippen molar-refractivity contribution in [3.05, 3.63) is 32.4 Å². The third-order valence-electron chi connectivity index (χ3n) is 1.73. The molecule has 0 unspecified atom stereocenters. The predicted octanol–water partition coefficient (Wildman–Crippen LogP) is 1.93. The van der Waals surface area contributed by atoms with Crippen molar-refractivity contribution in [1.82, 2.24) is 0 Å². The van der Waals surface area contributed by atoms with Crippen LogP contribution in [0.4, 0.5) is 0 Å². The molecule has 0 saturated heterocycles. The number of nitrogens with zero attached hydrogens (tertiary/aromatic N) is 1. The Hall–Kier alpha value is -0.600. The maximum Gasteiger partial charge on any atom is 0.0994 e. The lowest BCUT2D eigenvalue weighted by atomic mass is 10.1. The fraction of sp³-hybridized carbons (Fsp3) is 0.222. The Morgan fingerprint density at radius 2 is 2.25 bits per heavy atom. The lowest BCUT2D eigenvalue weighted by Gasteiger charge is -2.04. The molecule has 0 saturated carbocycles. The van der Waals surface area contributed by atoms with Gasteiger partial charge in [-0.1, -0.05) is 6.07 Å². The molecular formula is C9H9IN2. The highest BCUT2D eigenvalue weighted by molar-refractivity contribution is 14.1. The molecule has 0 radical (unpaired) electrons. The number of hydrogen-bond donors (Lipinski definition) is 1. The molecule has 0 amide bonds. The fourth-order valence-corrected chi connectivity index (χ4v) is 1.71. The van der Waals surface area contributed by atoms with Crippen LogP contribution in [-0.2, 0) is 6.54 Å². The van der Waals surface area contributed by atoms with Gasteiger partial charge in [-0.2, -0.15) is 5.26 Å². The molecule has 0 spiro atoms. The summed E-state index contributed by atoms with van der Waals surface area (Å²) in [6, 6.07) is 5.99. The number of nitrogens with two attached hydrogens (primary N) is 1. The van der Waals surface area contributed by atoms with Crippen LogP contribution < -0.4 is 5.73 Å². The highest BCUT2D eigenvalue weighted by Gasteiger charge is 2.02. The largest absolute Gasteiger partial charge is 0.326 e. The topological polar surface area (TPSA) is 49.8 Å². The molecule has 2 N–H and O–H groups in total. The van der Waals surface area contributed by atoms with Crippen LogP contribution in [-0.4, -0.2) is 0 Å². The molecule has 0 heterocycles. The number of aryl methyl sites for hydroxylation is 1. The third kappa shape index (κ3) is 1.76. The van der Waals surface area contributed by atoms with Crippen molar-refractivity contribution in [2.45, 2.75) is 13.5 Å². The molecule has 0 aliphatic heterocycles. The number of halogens is 1. The van der Waals surface area contributed by atoms with Crippen molar-refractivity contribution in [2.75, 3.05) is 0 Å². The van der Waals surface area contributed by atoms with Crippen LogP contribution in [0.15, 0.2) is 12.1 Å². The van der Waals surface area contributed by atoms with Gasteiger partial charge in [-0.25, -0.2) is 0 Å². The average Bonchev–Trinajstić information content (AvgIpc) is 2.08. The standard InChI is InChI=1S/C9H9IN2/c1-6-2-8(5-12)9(10)3-7(6)4-11/h2-3H,5,12H2,1H3. The lowest BCUT2D eigenvalue weighted by Crippen LogP contribution is -2.00. The van der Waals surface area contributed by atoms with Crippen LogP contribution in [0.3, 0.4) is 0 Å². The minimum atomic E-state index is 0.533. The molecule has 1 aromatic carbocycles. The Bertz CT molecular complexity index is 338. The summed E-state index contributed by atoms with van der Waals surface area (Å²) in [4.78, 5) is 0. The monoisotopic (exact) mass is 272 g/mol. The molecule has 0 fully saturated rings. The Balaban J connectivity index is 3.28. The zero-order valence-corrected chi connectivity index (χ0v) is 8.92. The average molecular weight is 272 g/mol. The molecule has 0 aliphatic carbocycles. The predicted molar refractivity (Wildman–Crippen MR) is 56.5 cm³/mol. The van der Waals surface area contributed by atoms with Gasteiger partial charge >= 0.3 is 0 Å². The molecule has 0 aliphatic rings. The number of benzene rings is 1. The van der Waals surface area contributed by atoms with E-state index < -0.39 is 0 Å². The van der Waals surface area contributed by atoms with E-state index in [-0.39, 0.29) is 0 Å². The van der Waals surface area contributed by atoms with Gasteiger partial charge in [-0.05, 0) is 46.7 Å². The van der Waals surface area contributed by atoms with E-state index in [4.69, 9.17) is 11.0 Å². The summed E-state index contributed by atoms with van der Waals surface area (Å²) in [5.74, 6) is 0. The minimum absolute atomic E-state index is 0.533. The molecule has 0 bridgehead atoms. The van der Waals surface area contributed by atoms with Crippen LogP contribution in [0.5, 0.6) is 0 Å². The van der Waals surface area contributed by atoms with Gasteiger partial charge in [-0.15, -0.1) is 0 Å². The van der Waals surface area contributed by atoms with Gasteiger partial charge in [0.25, 0.3) is 0 Å². The van der Waals surface area contributed by atoms with Crippen molar-refractivity contribution in [1.29, 1.82) is 5.26 Å². The van der Waals surface area contributed by atoms with Gasteiger partial charge in [0.2, 0.25) is 0 Å². The van der Waals surface area contributed by atoms with E-state index in [0.717, 1.165) is 20.3 Å². The first-order chi connectivity index (χ1) is 5.69. The molecule has 3 heteroatoms. The van der Waals surface area contributed by atoms with Crippen LogP contribution in [0.1, 0.15) is 16.7 Å². The summed E-state index contributed by atoms with van der Waals surface area (Å²) in [5.41, 5.74) is 8.36. The number of hydrogen-bond acceptors (Lipinski definition) is 2. The van der Waals surface area contributed by atoms with Gasteiger partial charge in [0.05, 0.1) is 11.6 Å². The van der Waals surface area contributed by atoms with E-state index in [0.29, 0.717) is 6.54 Å². The molecule has 1 aromatic rings. The molecule has 0 atom stereocenters. The normalized spacial score (nSPS) is 9.50. The molecule has 62 valence electrons. The summed E-state index contributed by atoms with van der Waals surface area (Å²) < 4.78 is 1.07. The molecular weight excluding hydrogens is 263 g/mol. The van der Waals surface area contributed by atoms with Crippen molar-refractivity contribution < 1.29 is 0 Å².